The lowest BCUT2D eigenvalue weighted by Crippen LogP contribution is -2.55. The summed E-state index contributed by atoms with van der Waals surface area (Å²) < 4.78 is 1.65. The van der Waals surface area contributed by atoms with Gasteiger partial charge in [-0.25, -0.2) is 4.79 Å². The second-order valence-electron chi connectivity index (χ2n) is 3.60. The minimum atomic E-state index is -1.87. The minimum absolute atomic E-state index is 0.784. The molecule has 0 heterocycles. The highest BCUT2D eigenvalue weighted by atomic mass is 28.4. The summed E-state index contributed by atoms with van der Waals surface area (Å²) in [5, 5.41) is 8.96. The molecule has 1 N–H and O–H groups in total. The van der Waals surface area contributed by atoms with Crippen LogP contribution in [0.25, 0.3) is 0 Å². The van der Waals surface area contributed by atoms with Crippen molar-refractivity contribution in [2.45, 2.75) is 26.2 Å². The molecule has 0 unspecified atom stereocenters. The molecule has 0 aliphatic heterocycles. The SMILES string of the molecule is C=C[Si](C)(C)N(C(=O)O)[SiH](C)C. The van der Waals surface area contributed by atoms with Crippen molar-refractivity contribution in [1.29, 1.82) is 0 Å². The maximum atomic E-state index is 10.9. The molecule has 0 atom stereocenters. The van der Waals surface area contributed by atoms with Crippen molar-refractivity contribution in [3.8, 4) is 0 Å². The zero-order valence-electron chi connectivity index (χ0n) is 8.16. The summed E-state index contributed by atoms with van der Waals surface area (Å²) in [7, 11) is -3.14. The highest BCUT2D eigenvalue weighted by Gasteiger charge is 2.32. The zero-order chi connectivity index (χ0) is 9.94. The van der Waals surface area contributed by atoms with Crippen LogP contribution in [0.2, 0.25) is 26.2 Å². The number of rotatable bonds is 3. The normalized spacial score (nSPS) is 11.4. The molecule has 0 spiro atoms. The summed E-state index contributed by atoms with van der Waals surface area (Å²) in [5.41, 5.74) is 1.81. The van der Waals surface area contributed by atoms with E-state index in [0.29, 0.717) is 0 Å². The van der Waals surface area contributed by atoms with Crippen LogP contribution >= 0.6 is 0 Å². The van der Waals surface area contributed by atoms with Crippen LogP contribution in [-0.2, 0) is 0 Å². The molecule has 0 saturated carbocycles. The standard InChI is InChI=1S/C7H17NO2Si2/c1-6-12(4,5)8(7(9)10)11(2)3/h6,11H,1H2,2-5H3,(H,9,10). The van der Waals surface area contributed by atoms with Gasteiger partial charge < -0.3 is 9.34 Å². The van der Waals surface area contributed by atoms with Crippen molar-refractivity contribution >= 4 is 23.3 Å². The minimum Gasteiger partial charge on any atom is -0.466 e. The van der Waals surface area contributed by atoms with Gasteiger partial charge in [-0.1, -0.05) is 18.8 Å². The molecule has 0 bridgehead atoms. The molecule has 0 aromatic carbocycles. The summed E-state index contributed by atoms with van der Waals surface area (Å²) in [5.74, 6) is 0. The smallest absolute Gasteiger partial charge is 0.391 e. The number of nitrogens with zero attached hydrogens (tertiary/aromatic N) is 1. The van der Waals surface area contributed by atoms with Crippen molar-refractivity contribution in [2.75, 3.05) is 0 Å². The maximum absolute atomic E-state index is 10.9. The third-order valence-electron chi connectivity index (χ3n) is 1.84. The lowest BCUT2D eigenvalue weighted by Gasteiger charge is -2.35. The summed E-state index contributed by atoms with van der Waals surface area (Å²) >= 11 is 0. The van der Waals surface area contributed by atoms with Crippen molar-refractivity contribution in [1.82, 2.24) is 4.23 Å². The first-order valence-electron chi connectivity index (χ1n) is 3.98. The molecule has 0 aromatic heterocycles. The predicted octanol–water partition coefficient (Wildman–Crippen LogP) is 1.88. The van der Waals surface area contributed by atoms with Gasteiger partial charge in [0.15, 0.2) is 8.24 Å². The lowest BCUT2D eigenvalue weighted by molar-refractivity contribution is 0.185. The molecule has 3 nitrogen and oxygen atoms in total. The van der Waals surface area contributed by atoms with E-state index in [-0.39, 0.29) is 0 Å². The van der Waals surface area contributed by atoms with E-state index < -0.39 is 23.3 Å². The first-order valence-corrected chi connectivity index (χ1v) is 9.84. The van der Waals surface area contributed by atoms with Gasteiger partial charge in [0.25, 0.3) is 0 Å². The van der Waals surface area contributed by atoms with E-state index in [1.165, 1.54) is 0 Å². The van der Waals surface area contributed by atoms with Gasteiger partial charge in [0, 0.05) is 0 Å². The summed E-state index contributed by atoms with van der Waals surface area (Å²) in [6.07, 6.45) is -0.784. The topological polar surface area (TPSA) is 40.5 Å². The molecule has 5 heteroatoms. The quantitative estimate of drug-likeness (QED) is 0.712. The number of carbonyl (C=O) groups is 1. The van der Waals surface area contributed by atoms with Gasteiger partial charge in [0.05, 0.1) is 0 Å². The Bertz CT molecular complexity index is 192. The Kier molecular flexibility index (Phi) is 3.72. The molecule has 12 heavy (non-hydrogen) atoms. The summed E-state index contributed by atoms with van der Waals surface area (Å²) in [4.78, 5) is 10.9. The van der Waals surface area contributed by atoms with Crippen molar-refractivity contribution in [3.63, 3.8) is 0 Å². The van der Waals surface area contributed by atoms with Crippen molar-refractivity contribution in [2.24, 2.45) is 0 Å². The van der Waals surface area contributed by atoms with Crippen molar-refractivity contribution in [3.05, 3.63) is 12.3 Å². The first-order chi connectivity index (χ1) is 5.33. The Morgan fingerprint density at radius 3 is 2.08 bits per heavy atom. The number of amides is 1. The van der Waals surface area contributed by atoms with Gasteiger partial charge in [0.2, 0.25) is 0 Å². The van der Waals surface area contributed by atoms with Crippen LogP contribution in [0.3, 0.4) is 0 Å². The van der Waals surface area contributed by atoms with Crippen LogP contribution in [0.4, 0.5) is 4.79 Å². The van der Waals surface area contributed by atoms with Crippen LogP contribution in [-0.4, -0.2) is 32.6 Å². The fourth-order valence-corrected chi connectivity index (χ4v) is 8.00. The molecule has 0 aromatic rings. The van der Waals surface area contributed by atoms with Gasteiger partial charge in [-0.2, -0.15) is 0 Å². The first kappa shape index (κ1) is 11.4. The molecule has 70 valence electrons. The number of carboxylic acid groups (broad SMARTS) is 1. The van der Waals surface area contributed by atoms with E-state index in [2.05, 4.69) is 6.58 Å². The molecule has 0 rings (SSSR count). The fourth-order valence-electron chi connectivity index (χ4n) is 1.23. The fraction of sp³-hybridized carbons (Fsp3) is 0.571. The Morgan fingerprint density at radius 1 is 1.58 bits per heavy atom. The van der Waals surface area contributed by atoms with Crippen LogP contribution in [0, 0.1) is 0 Å². The molecular formula is C7H17NO2Si2. The summed E-state index contributed by atoms with van der Waals surface area (Å²) in [6.45, 7) is 11.7. The van der Waals surface area contributed by atoms with E-state index in [9.17, 15) is 4.79 Å². The van der Waals surface area contributed by atoms with Gasteiger partial charge in [-0.15, -0.1) is 6.58 Å². The third kappa shape index (κ3) is 2.49. The van der Waals surface area contributed by atoms with E-state index in [1.807, 2.05) is 31.9 Å². The van der Waals surface area contributed by atoms with E-state index in [1.54, 1.807) is 4.23 Å². The van der Waals surface area contributed by atoms with E-state index in [0.717, 1.165) is 0 Å². The molecule has 1 amide bonds. The van der Waals surface area contributed by atoms with Crippen LogP contribution < -0.4 is 0 Å². The second kappa shape index (κ2) is 3.91. The van der Waals surface area contributed by atoms with Crippen LogP contribution in [0.1, 0.15) is 0 Å². The van der Waals surface area contributed by atoms with Gasteiger partial charge >= 0.3 is 6.09 Å². The highest BCUT2D eigenvalue weighted by Crippen LogP contribution is 2.13. The van der Waals surface area contributed by atoms with Crippen LogP contribution in [0.5, 0.6) is 0 Å². The Balaban J connectivity index is 4.74. The predicted molar refractivity (Wildman–Crippen MR) is 56.4 cm³/mol. The van der Waals surface area contributed by atoms with E-state index >= 15 is 0 Å². The molecule has 0 saturated heterocycles. The van der Waals surface area contributed by atoms with Gasteiger partial charge in [0.1, 0.15) is 8.96 Å². The Hall–Kier alpha value is -0.556. The number of hydrogen-bond donors (Lipinski definition) is 1. The van der Waals surface area contributed by atoms with Crippen LogP contribution in [0.15, 0.2) is 12.3 Å². The Morgan fingerprint density at radius 2 is 2.00 bits per heavy atom. The lowest BCUT2D eigenvalue weighted by atomic mass is 11.3. The molecular weight excluding hydrogens is 186 g/mol. The third-order valence-corrected chi connectivity index (χ3v) is 9.07. The van der Waals surface area contributed by atoms with Crippen molar-refractivity contribution < 1.29 is 9.90 Å². The molecule has 0 radical (unpaired) electrons. The average Bonchev–Trinajstić information content (AvgIpc) is 1.84. The van der Waals surface area contributed by atoms with Gasteiger partial charge in [-0.05, 0) is 13.1 Å². The highest BCUT2D eigenvalue weighted by molar-refractivity contribution is 6.89. The molecule has 0 fully saturated rings. The molecule has 0 aliphatic carbocycles. The second-order valence-corrected chi connectivity index (χ2v) is 11.0. The maximum Gasteiger partial charge on any atom is 0.391 e. The largest absolute Gasteiger partial charge is 0.466 e. The zero-order valence-corrected chi connectivity index (χ0v) is 10.3. The number of hydrogen-bond acceptors (Lipinski definition) is 1. The molecule has 0 aliphatic rings. The monoisotopic (exact) mass is 203 g/mol. The van der Waals surface area contributed by atoms with Gasteiger partial charge in [-0.3, -0.25) is 0 Å². The average molecular weight is 203 g/mol. The van der Waals surface area contributed by atoms with E-state index in [4.69, 9.17) is 5.11 Å². The summed E-state index contributed by atoms with van der Waals surface area (Å²) in [6, 6.07) is 0. The Labute approximate surface area is 76.5 Å².